The molecule has 6 amide bonds. The summed E-state index contributed by atoms with van der Waals surface area (Å²) in [5.41, 5.74) is 7.42. The van der Waals surface area contributed by atoms with Crippen molar-refractivity contribution in [2.45, 2.75) is 136 Å². The molecule has 0 spiro atoms. The summed E-state index contributed by atoms with van der Waals surface area (Å²) in [4.78, 5) is 84.7. The number of aryl methyl sites for hydroxylation is 1. The molecule has 3 rings (SSSR count). The molecule has 7 N–H and O–H groups in total. The molecule has 14 nitrogen and oxygen atoms in total. The van der Waals surface area contributed by atoms with Crippen LogP contribution in [-0.4, -0.2) is 101 Å². The number of carbonyl (C=O) groups is 6. The summed E-state index contributed by atoms with van der Waals surface area (Å²) in [6.45, 7) is 12.3. The largest absolute Gasteiger partial charge is 0.391 e. The van der Waals surface area contributed by atoms with Crippen LogP contribution in [0.1, 0.15) is 97.1 Å². The number of hydrogen-bond acceptors (Lipinski definition) is 8. The van der Waals surface area contributed by atoms with E-state index in [2.05, 4.69) is 46.9 Å². The van der Waals surface area contributed by atoms with Crippen LogP contribution in [0.25, 0.3) is 0 Å². The summed E-state index contributed by atoms with van der Waals surface area (Å²) in [6, 6.07) is 11.7. The minimum Gasteiger partial charge on any atom is -0.391 e. The maximum atomic E-state index is 14.2. The lowest BCUT2D eigenvalue weighted by atomic mass is 9.89. The van der Waals surface area contributed by atoms with E-state index < -0.39 is 59.8 Å². The predicted octanol–water partition coefficient (Wildman–Crippen LogP) is 2.88. The molecule has 314 valence electrons. The molecule has 57 heavy (non-hydrogen) atoms. The predicted molar refractivity (Wildman–Crippen MR) is 221 cm³/mol. The van der Waals surface area contributed by atoms with Gasteiger partial charge in [-0.15, -0.1) is 0 Å². The van der Waals surface area contributed by atoms with Gasteiger partial charge in [0.25, 0.3) is 0 Å². The third kappa shape index (κ3) is 14.6. The molecule has 1 saturated carbocycles. The minimum atomic E-state index is -1.38. The van der Waals surface area contributed by atoms with Crippen LogP contribution in [-0.2, 0) is 35.2 Å². The number of primary amides is 1. The van der Waals surface area contributed by atoms with Gasteiger partial charge in [-0.25, -0.2) is 0 Å². The maximum absolute atomic E-state index is 14.2. The lowest BCUT2D eigenvalue weighted by molar-refractivity contribution is -0.134. The Morgan fingerprint density at radius 2 is 1.42 bits per heavy atom. The van der Waals surface area contributed by atoms with Crippen molar-refractivity contribution in [2.24, 2.45) is 11.7 Å². The van der Waals surface area contributed by atoms with Crippen LogP contribution in [0.5, 0.6) is 0 Å². The molecular weight excluding hydrogens is 727 g/mol. The van der Waals surface area contributed by atoms with Crippen LogP contribution in [0.2, 0.25) is 0 Å². The lowest BCUT2D eigenvalue weighted by Gasteiger charge is -2.32. The maximum Gasteiger partial charge on any atom is 0.247 e. The van der Waals surface area contributed by atoms with Crippen LogP contribution in [0.15, 0.2) is 54.6 Å². The molecule has 0 aliphatic heterocycles. The quantitative estimate of drug-likeness (QED) is 0.0978. The van der Waals surface area contributed by atoms with E-state index in [1.807, 2.05) is 49.4 Å². The number of para-hydroxylation sites is 1. The Bertz CT molecular complexity index is 1630. The third-order valence-corrected chi connectivity index (χ3v) is 10.8. The first-order valence-electron chi connectivity index (χ1n) is 20.5. The first kappa shape index (κ1) is 46.6. The second-order valence-electron chi connectivity index (χ2n) is 15.4. The van der Waals surface area contributed by atoms with Gasteiger partial charge in [0.1, 0.15) is 24.2 Å². The van der Waals surface area contributed by atoms with Crippen molar-refractivity contribution in [1.29, 1.82) is 0 Å². The lowest BCUT2D eigenvalue weighted by Crippen LogP contribution is -2.60. The summed E-state index contributed by atoms with van der Waals surface area (Å²) >= 11 is 0. The first-order chi connectivity index (χ1) is 27.1. The van der Waals surface area contributed by atoms with Crippen molar-refractivity contribution in [2.75, 3.05) is 24.5 Å². The Balaban J connectivity index is 1.88. The number of carbonyl (C=O) groups excluding carboxylic acids is 6. The van der Waals surface area contributed by atoms with Gasteiger partial charge in [-0.1, -0.05) is 74.7 Å². The molecule has 2 aromatic carbocycles. The highest BCUT2D eigenvalue weighted by Gasteiger charge is 2.34. The molecular formula is C43H65N7O7. The monoisotopic (exact) mass is 791 g/mol. The van der Waals surface area contributed by atoms with E-state index in [1.165, 1.54) is 11.8 Å². The Kier molecular flexibility index (Phi) is 19.1. The topological polar surface area (TPSA) is 203 Å². The number of aliphatic hydroxyl groups is 1. The van der Waals surface area contributed by atoms with Crippen LogP contribution in [0.4, 0.5) is 5.69 Å². The van der Waals surface area contributed by atoms with Gasteiger partial charge < -0.3 is 37.0 Å². The number of hydrogen-bond donors (Lipinski definition) is 6. The van der Waals surface area contributed by atoms with Gasteiger partial charge in [0.2, 0.25) is 35.4 Å². The Hall–Kier alpha value is -4.82. The summed E-state index contributed by atoms with van der Waals surface area (Å²) < 4.78 is 0. The number of nitrogens with one attached hydrogen (secondary N) is 4. The number of anilines is 1. The van der Waals surface area contributed by atoms with Gasteiger partial charge >= 0.3 is 0 Å². The summed E-state index contributed by atoms with van der Waals surface area (Å²) in [7, 11) is 0. The van der Waals surface area contributed by atoms with Gasteiger partial charge in [-0.2, -0.15) is 0 Å². The average Bonchev–Trinajstić information content (AvgIpc) is 3.19. The highest BCUT2D eigenvalue weighted by molar-refractivity contribution is 6.04. The van der Waals surface area contributed by atoms with Crippen LogP contribution >= 0.6 is 0 Å². The molecule has 2 aromatic rings. The van der Waals surface area contributed by atoms with E-state index in [0.717, 1.165) is 62.7 Å². The summed E-state index contributed by atoms with van der Waals surface area (Å²) in [5.74, 6) is -3.73. The van der Waals surface area contributed by atoms with E-state index in [1.54, 1.807) is 19.1 Å². The zero-order valence-corrected chi connectivity index (χ0v) is 34.6. The molecule has 5 atom stereocenters. The molecule has 0 saturated heterocycles. The van der Waals surface area contributed by atoms with Crippen molar-refractivity contribution in [3.8, 4) is 0 Å². The van der Waals surface area contributed by atoms with Crippen LogP contribution in [0.3, 0.4) is 0 Å². The fourth-order valence-corrected chi connectivity index (χ4v) is 7.29. The Morgan fingerprint density at radius 3 is 2.02 bits per heavy atom. The summed E-state index contributed by atoms with van der Waals surface area (Å²) in [6.07, 6.45) is 4.84. The van der Waals surface area contributed by atoms with E-state index in [9.17, 15) is 33.9 Å². The second-order valence-corrected chi connectivity index (χ2v) is 15.4. The highest BCUT2D eigenvalue weighted by atomic mass is 16.3. The molecule has 0 aromatic heterocycles. The fraction of sp³-hybridized carbons (Fsp3) is 0.581. The van der Waals surface area contributed by atoms with E-state index in [4.69, 9.17) is 5.73 Å². The van der Waals surface area contributed by atoms with Gasteiger partial charge in [0, 0.05) is 24.1 Å². The number of rotatable bonds is 22. The number of aliphatic hydroxyl groups excluding tert-OH is 1. The standard InChI is InChI=1S/C43H65N7O7/c1-7-49(28(2)3)25-17-16-23-34(42(56)48-38(31(6)51)39(44)53)46-43(57)35(26-32-19-10-8-11-20-32)47-40(54)30(5)50(36-24-15-14-18-29(36)4)37(52)27-45-41(55)33-21-12-9-13-22-33/h8,10-11,14-15,18-20,24,28,30-31,33-35,38,51H,7,9,12-13,16-17,21-23,25-27H2,1-6H3,(H2,44,53)(H,45,55)(H,46,57)(H,47,54)(H,48,56)/t30-,31+,34-,35?,38?/m0/s1. The zero-order valence-electron chi connectivity index (χ0n) is 34.6. The van der Waals surface area contributed by atoms with Gasteiger partial charge in [-0.3, -0.25) is 33.7 Å². The van der Waals surface area contributed by atoms with E-state index in [0.29, 0.717) is 18.2 Å². The molecule has 0 bridgehead atoms. The van der Waals surface area contributed by atoms with Crippen molar-refractivity contribution in [3.63, 3.8) is 0 Å². The average molecular weight is 792 g/mol. The number of benzene rings is 2. The van der Waals surface area contributed by atoms with E-state index in [-0.39, 0.29) is 31.2 Å². The van der Waals surface area contributed by atoms with Crippen LogP contribution < -0.4 is 31.9 Å². The fourth-order valence-electron chi connectivity index (χ4n) is 7.29. The smallest absolute Gasteiger partial charge is 0.247 e. The number of unbranched alkanes of at least 4 members (excludes halogenated alkanes) is 1. The van der Waals surface area contributed by atoms with Crippen molar-refractivity contribution < 1.29 is 33.9 Å². The molecule has 0 heterocycles. The van der Waals surface area contributed by atoms with Crippen molar-refractivity contribution in [1.82, 2.24) is 26.2 Å². The Labute approximate surface area is 338 Å². The second kappa shape index (κ2) is 23.4. The SMILES string of the molecule is CCN(CCCC[C@H](NC(=O)C(Cc1ccccc1)NC(=O)[C@H](C)N(C(=O)CNC(=O)C1CCCCC1)c1ccccc1C)C(=O)NC(C(N)=O)[C@@H](C)O)C(C)C. The van der Waals surface area contributed by atoms with Crippen molar-refractivity contribution >= 4 is 41.1 Å². The summed E-state index contributed by atoms with van der Waals surface area (Å²) in [5, 5.41) is 21.1. The molecule has 14 heteroatoms. The molecule has 1 aliphatic carbocycles. The minimum absolute atomic E-state index is 0.0622. The normalized spacial score (nSPS) is 15.8. The number of amides is 6. The third-order valence-electron chi connectivity index (χ3n) is 10.8. The highest BCUT2D eigenvalue weighted by Crippen LogP contribution is 2.25. The van der Waals surface area contributed by atoms with Crippen molar-refractivity contribution in [3.05, 3.63) is 65.7 Å². The van der Waals surface area contributed by atoms with Gasteiger partial charge in [-0.05, 0) is 97.0 Å². The molecule has 0 radical (unpaired) electrons. The van der Waals surface area contributed by atoms with Gasteiger partial charge in [0.15, 0.2) is 0 Å². The molecule has 2 unspecified atom stereocenters. The molecule has 1 aliphatic rings. The Morgan fingerprint density at radius 1 is 0.807 bits per heavy atom. The number of nitrogens with two attached hydrogens (primary N) is 1. The zero-order chi connectivity index (χ0) is 42.1. The van der Waals surface area contributed by atoms with Gasteiger partial charge in [0.05, 0.1) is 12.6 Å². The molecule has 1 fully saturated rings. The first-order valence-corrected chi connectivity index (χ1v) is 20.5. The van der Waals surface area contributed by atoms with E-state index >= 15 is 0 Å². The van der Waals surface area contributed by atoms with Crippen LogP contribution in [0, 0.1) is 12.8 Å². The number of nitrogens with zero attached hydrogens (tertiary/aromatic N) is 2.